The van der Waals surface area contributed by atoms with Crippen LogP contribution in [0.15, 0.2) is 106 Å². The summed E-state index contributed by atoms with van der Waals surface area (Å²) in [7, 11) is 0. The number of carboxylic acid groups (broad SMARTS) is 1. The number of carbonyl (C=O) groups is 1. The van der Waals surface area contributed by atoms with Crippen LogP contribution in [0.3, 0.4) is 0 Å². The van der Waals surface area contributed by atoms with Gasteiger partial charge in [0.2, 0.25) is 5.76 Å². The molecule has 5 aromatic rings. The van der Waals surface area contributed by atoms with Gasteiger partial charge in [0.25, 0.3) is 0 Å². The second-order valence-electron chi connectivity index (χ2n) is 10.9. The summed E-state index contributed by atoms with van der Waals surface area (Å²) in [5.74, 6) is -2.10. The van der Waals surface area contributed by atoms with E-state index in [4.69, 9.17) is 9.15 Å². The Balaban J connectivity index is 1.47. The van der Waals surface area contributed by atoms with Crippen molar-refractivity contribution in [2.24, 2.45) is 0 Å². The summed E-state index contributed by atoms with van der Waals surface area (Å²) in [6.07, 6.45) is -4.66. The number of ether oxygens (including phenoxy) is 1. The molecule has 1 N–H and O–H groups in total. The predicted octanol–water partition coefficient (Wildman–Crippen LogP) is 9.79. The van der Waals surface area contributed by atoms with E-state index in [0.717, 1.165) is 40.1 Å². The number of alkyl halides is 5. The molecule has 1 aromatic heterocycles. The number of nitrogens with zero attached hydrogens (tertiary/aromatic N) is 1. The van der Waals surface area contributed by atoms with E-state index >= 15 is 0 Å². The maximum Gasteiger partial charge on any atom is 0.449 e. The third-order valence-electron chi connectivity index (χ3n) is 7.32. The normalized spacial score (nSPS) is 12.3. The van der Waals surface area contributed by atoms with Crippen LogP contribution in [0.4, 0.5) is 22.0 Å². The van der Waals surface area contributed by atoms with Crippen molar-refractivity contribution in [1.82, 2.24) is 4.31 Å². The zero-order valence-corrected chi connectivity index (χ0v) is 25.0. The second-order valence-corrected chi connectivity index (χ2v) is 12.0. The average Bonchev–Trinajstić information content (AvgIpc) is 3.48. The number of benzene rings is 4. The summed E-state index contributed by atoms with van der Waals surface area (Å²) >= 11 is 1.08. The Morgan fingerprint density at radius 1 is 0.889 bits per heavy atom. The van der Waals surface area contributed by atoms with Gasteiger partial charge in [-0.3, -0.25) is 4.79 Å². The lowest BCUT2D eigenvalue weighted by Crippen LogP contribution is -2.28. The van der Waals surface area contributed by atoms with Crippen molar-refractivity contribution in [3.05, 3.63) is 120 Å². The molecule has 0 aliphatic rings. The Bertz CT molecular complexity index is 1800. The highest BCUT2D eigenvalue weighted by Gasteiger charge is 2.35. The molecule has 5 rings (SSSR count). The van der Waals surface area contributed by atoms with E-state index in [1.807, 2.05) is 48.5 Å². The largest absolute Gasteiger partial charge is 0.481 e. The quantitative estimate of drug-likeness (QED) is 0.114. The highest BCUT2D eigenvalue weighted by Crippen LogP contribution is 2.41. The molecule has 0 unspecified atom stereocenters. The van der Waals surface area contributed by atoms with E-state index in [0.29, 0.717) is 15.8 Å². The van der Waals surface area contributed by atoms with Crippen LogP contribution in [-0.4, -0.2) is 22.0 Å². The van der Waals surface area contributed by atoms with Crippen LogP contribution in [0.1, 0.15) is 36.5 Å². The number of furan rings is 1. The number of carboxylic acids is 1. The van der Waals surface area contributed by atoms with Gasteiger partial charge in [0.1, 0.15) is 11.5 Å². The Morgan fingerprint density at radius 2 is 1.62 bits per heavy atom. The second kappa shape index (κ2) is 12.9. The van der Waals surface area contributed by atoms with E-state index in [1.54, 1.807) is 48.5 Å². The van der Waals surface area contributed by atoms with Gasteiger partial charge in [0.15, 0.2) is 0 Å². The van der Waals surface area contributed by atoms with E-state index in [-0.39, 0.29) is 24.6 Å². The molecule has 0 aliphatic carbocycles. The van der Waals surface area contributed by atoms with Crippen molar-refractivity contribution in [1.29, 1.82) is 0 Å². The molecule has 4 aromatic carbocycles. The molecule has 0 fully saturated rings. The molecule has 0 saturated heterocycles. The topological polar surface area (TPSA) is 62.9 Å². The maximum atomic E-state index is 13.4. The summed E-state index contributed by atoms with van der Waals surface area (Å²) < 4.78 is 78.1. The van der Waals surface area contributed by atoms with Gasteiger partial charge in [-0.05, 0) is 71.6 Å². The number of rotatable bonds is 11. The summed E-state index contributed by atoms with van der Waals surface area (Å²) in [5.41, 5.74) is 2.00. The highest BCUT2D eigenvalue weighted by molar-refractivity contribution is 7.97. The molecule has 0 saturated carbocycles. The molecular formula is C34H28F5NO4S. The minimum absolute atomic E-state index is 0.0425. The van der Waals surface area contributed by atoms with Crippen LogP contribution in [0.2, 0.25) is 0 Å². The fourth-order valence-electron chi connectivity index (χ4n) is 4.76. The van der Waals surface area contributed by atoms with Crippen LogP contribution in [0, 0.1) is 0 Å². The lowest BCUT2D eigenvalue weighted by molar-refractivity contribution is -0.153. The Labute approximate surface area is 260 Å². The summed E-state index contributed by atoms with van der Waals surface area (Å²) in [6.45, 7) is 0.316. The molecule has 0 bridgehead atoms. The van der Waals surface area contributed by atoms with Crippen LogP contribution in [0.25, 0.3) is 21.9 Å². The molecular weight excluding hydrogens is 613 g/mol. The van der Waals surface area contributed by atoms with Gasteiger partial charge in [0, 0.05) is 11.9 Å². The van der Waals surface area contributed by atoms with E-state index in [1.165, 1.54) is 12.1 Å². The smallest absolute Gasteiger partial charge is 0.449 e. The molecule has 0 aliphatic heterocycles. The molecule has 0 atom stereocenters. The number of hydrogen-bond donors (Lipinski definition) is 1. The maximum absolute atomic E-state index is 13.4. The first-order valence-corrected chi connectivity index (χ1v) is 14.6. The number of fused-ring (bicyclic) bond motifs is 1. The molecule has 0 spiro atoms. The molecule has 5 nitrogen and oxygen atoms in total. The minimum Gasteiger partial charge on any atom is -0.481 e. The van der Waals surface area contributed by atoms with Crippen LogP contribution in [-0.2, 0) is 29.5 Å². The summed E-state index contributed by atoms with van der Waals surface area (Å²) in [4.78, 5) is 12.1. The summed E-state index contributed by atoms with van der Waals surface area (Å²) in [6, 6.07) is 27.0. The number of hydrogen-bond acceptors (Lipinski definition) is 5. The van der Waals surface area contributed by atoms with E-state index in [2.05, 4.69) is 0 Å². The predicted molar refractivity (Wildman–Crippen MR) is 162 cm³/mol. The van der Waals surface area contributed by atoms with Gasteiger partial charge in [0.05, 0.1) is 16.9 Å². The standard InChI is InChI=1S/C34H28F5NO4S/c1-33(2,31(41)42)25-8-5-7-24(18-25)22-12-10-21(11-13-22)19-40(20-26-15-17-29(43-26)34(37,38)39)45-30-27-9-4-3-6-23(27)14-16-28(30)44-32(35)36/h3-18,32H,19-20H2,1-2H3,(H,41,42). The van der Waals surface area contributed by atoms with Gasteiger partial charge >= 0.3 is 18.8 Å². The summed E-state index contributed by atoms with van der Waals surface area (Å²) in [5, 5.41) is 11.0. The molecule has 45 heavy (non-hydrogen) atoms. The van der Waals surface area contributed by atoms with E-state index in [9.17, 15) is 31.9 Å². The Kier molecular flexibility index (Phi) is 9.22. The average molecular weight is 642 g/mol. The lowest BCUT2D eigenvalue weighted by Gasteiger charge is -2.23. The molecule has 0 amide bonds. The van der Waals surface area contributed by atoms with Gasteiger partial charge in [-0.15, -0.1) is 0 Å². The van der Waals surface area contributed by atoms with E-state index < -0.39 is 29.9 Å². The minimum atomic E-state index is -4.66. The highest BCUT2D eigenvalue weighted by atomic mass is 32.2. The first kappa shape index (κ1) is 32.1. The third kappa shape index (κ3) is 7.49. The number of aliphatic carboxylic acids is 1. The van der Waals surface area contributed by atoms with Gasteiger partial charge < -0.3 is 14.3 Å². The van der Waals surface area contributed by atoms with Crippen LogP contribution < -0.4 is 4.74 Å². The van der Waals surface area contributed by atoms with Crippen molar-refractivity contribution >= 4 is 28.7 Å². The molecule has 11 heteroatoms. The Hall–Kier alpha value is -4.35. The first-order chi connectivity index (χ1) is 21.3. The van der Waals surface area contributed by atoms with Gasteiger partial charge in [-0.2, -0.15) is 22.0 Å². The fourth-order valence-corrected chi connectivity index (χ4v) is 5.92. The zero-order chi connectivity index (χ0) is 32.4. The SMILES string of the molecule is CC(C)(C(=O)O)c1cccc(-c2ccc(CN(Cc3ccc(C(F)(F)F)o3)Sc3c(OC(F)F)ccc4ccccc34)cc2)c1. The van der Waals surface area contributed by atoms with Crippen molar-refractivity contribution in [2.45, 2.75) is 50.0 Å². The monoisotopic (exact) mass is 641 g/mol. The van der Waals surface area contributed by atoms with Gasteiger partial charge in [-0.25, -0.2) is 4.31 Å². The molecule has 234 valence electrons. The van der Waals surface area contributed by atoms with Crippen molar-refractivity contribution < 1.29 is 41.0 Å². The van der Waals surface area contributed by atoms with Gasteiger partial charge in [-0.1, -0.05) is 78.9 Å². The lowest BCUT2D eigenvalue weighted by atomic mass is 9.83. The third-order valence-corrected chi connectivity index (χ3v) is 8.44. The fraction of sp³-hybridized carbons (Fsp3) is 0.206. The molecule has 0 radical (unpaired) electrons. The van der Waals surface area contributed by atoms with Crippen molar-refractivity contribution in [2.75, 3.05) is 0 Å². The Morgan fingerprint density at radius 3 is 2.29 bits per heavy atom. The van der Waals surface area contributed by atoms with Crippen LogP contribution >= 0.6 is 11.9 Å². The van der Waals surface area contributed by atoms with Crippen molar-refractivity contribution in [3.8, 4) is 16.9 Å². The van der Waals surface area contributed by atoms with Crippen LogP contribution in [0.5, 0.6) is 5.75 Å². The number of halogens is 5. The van der Waals surface area contributed by atoms with Crippen molar-refractivity contribution in [3.63, 3.8) is 0 Å². The first-order valence-electron chi connectivity index (χ1n) is 13.8. The zero-order valence-electron chi connectivity index (χ0n) is 24.1. The molecule has 1 heterocycles.